The molecular weight excluding hydrogens is 422 g/mol. The van der Waals surface area contributed by atoms with Gasteiger partial charge in [0.05, 0.1) is 0 Å². The molecule has 1 saturated carbocycles. The second-order valence-corrected chi connectivity index (χ2v) is 7.86. The fourth-order valence-corrected chi connectivity index (χ4v) is 4.35. The van der Waals surface area contributed by atoms with Gasteiger partial charge in [0, 0.05) is 30.3 Å². The van der Waals surface area contributed by atoms with Crippen molar-refractivity contribution in [3.8, 4) is 0 Å². The second-order valence-electron chi connectivity index (χ2n) is 6.03. The predicted molar refractivity (Wildman–Crippen MR) is 78.3 cm³/mol. The van der Waals surface area contributed by atoms with E-state index in [1.54, 1.807) is 0 Å². The van der Waals surface area contributed by atoms with Crippen LogP contribution in [0.3, 0.4) is 0 Å². The highest BCUT2D eigenvalue weighted by molar-refractivity contribution is 7.89. The van der Waals surface area contributed by atoms with Gasteiger partial charge in [-0.3, -0.25) is 0 Å². The van der Waals surface area contributed by atoms with Crippen molar-refractivity contribution < 1.29 is 43.5 Å². The molecule has 1 aliphatic rings. The van der Waals surface area contributed by atoms with Crippen molar-refractivity contribution in [1.29, 1.82) is 0 Å². The average Bonchev–Trinajstić information content (AvgIpc) is 3.42. The summed E-state index contributed by atoms with van der Waals surface area (Å²) < 4.78 is 134. The van der Waals surface area contributed by atoms with Crippen molar-refractivity contribution in [3.05, 3.63) is 64.2 Å². The SMILES string of the molecule is O=S(=O)(c1c(F)c(F)c(F)c(F)c1F)N(Cc1c(F)cc(F)cc1F)C1CC1. The van der Waals surface area contributed by atoms with E-state index in [9.17, 15) is 43.5 Å². The van der Waals surface area contributed by atoms with Crippen LogP contribution in [-0.2, 0) is 16.6 Å². The maximum atomic E-state index is 14.0. The van der Waals surface area contributed by atoms with Gasteiger partial charge in [-0.05, 0) is 12.8 Å². The van der Waals surface area contributed by atoms with E-state index in [1.807, 2.05) is 0 Å². The smallest absolute Gasteiger partial charge is 0.207 e. The van der Waals surface area contributed by atoms with Gasteiger partial charge in [0.1, 0.15) is 17.5 Å². The Bertz CT molecular complexity index is 1020. The van der Waals surface area contributed by atoms with Crippen LogP contribution in [0.5, 0.6) is 0 Å². The lowest BCUT2D eigenvalue weighted by Gasteiger charge is -2.23. The quantitative estimate of drug-likeness (QED) is 0.405. The molecule has 0 saturated heterocycles. The number of sulfonamides is 1. The first kappa shape index (κ1) is 20.5. The van der Waals surface area contributed by atoms with Crippen molar-refractivity contribution in [2.24, 2.45) is 0 Å². The number of rotatable bonds is 5. The van der Waals surface area contributed by atoms with Crippen molar-refractivity contribution in [1.82, 2.24) is 4.31 Å². The summed E-state index contributed by atoms with van der Waals surface area (Å²) in [5.74, 6) is -16.9. The summed E-state index contributed by atoms with van der Waals surface area (Å²) in [4.78, 5) is -2.13. The topological polar surface area (TPSA) is 37.4 Å². The Morgan fingerprint density at radius 3 is 1.64 bits per heavy atom. The standard InChI is InChI=1S/C16H9F8NO2S/c17-6-3-9(18)8(10(19)4-6)5-25(7-1-2-7)28(26,27)16-14(23)12(21)11(20)13(22)15(16)24/h3-4,7H,1-2,5H2. The Labute approximate surface area is 153 Å². The number of hydrogen-bond donors (Lipinski definition) is 0. The summed E-state index contributed by atoms with van der Waals surface area (Å²) in [6.45, 7) is -1.13. The lowest BCUT2D eigenvalue weighted by Crippen LogP contribution is -2.35. The van der Waals surface area contributed by atoms with Crippen LogP contribution in [-0.4, -0.2) is 18.8 Å². The van der Waals surface area contributed by atoms with Gasteiger partial charge in [0.25, 0.3) is 0 Å². The minimum absolute atomic E-state index is 0.124. The van der Waals surface area contributed by atoms with Crippen LogP contribution >= 0.6 is 0 Å². The Balaban J connectivity index is 2.14. The predicted octanol–water partition coefficient (Wildman–Crippen LogP) is 4.15. The summed E-state index contributed by atoms with van der Waals surface area (Å²) in [6, 6.07) is -0.466. The highest BCUT2D eigenvalue weighted by Crippen LogP contribution is 2.37. The van der Waals surface area contributed by atoms with E-state index in [1.165, 1.54) is 0 Å². The molecule has 0 heterocycles. The number of benzene rings is 2. The summed E-state index contributed by atoms with van der Waals surface area (Å²) >= 11 is 0. The van der Waals surface area contributed by atoms with E-state index in [4.69, 9.17) is 0 Å². The molecule has 12 heteroatoms. The molecular formula is C16H9F8NO2S. The van der Waals surface area contributed by atoms with Crippen LogP contribution in [0.2, 0.25) is 0 Å². The van der Waals surface area contributed by atoms with Gasteiger partial charge < -0.3 is 0 Å². The molecule has 1 fully saturated rings. The third-order valence-corrected chi connectivity index (χ3v) is 6.03. The molecule has 0 amide bonds. The fourth-order valence-electron chi connectivity index (χ4n) is 2.58. The van der Waals surface area contributed by atoms with Gasteiger partial charge in [-0.2, -0.15) is 4.31 Å². The van der Waals surface area contributed by atoms with E-state index in [2.05, 4.69) is 0 Å². The van der Waals surface area contributed by atoms with Crippen molar-refractivity contribution in [2.45, 2.75) is 30.3 Å². The largest absolute Gasteiger partial charge is 0.249 e. The summed E-state index contributed by atoms with van der Waals surface area (Å²) in [5, 5.41) is 0. The zero-order valence-electron chi connectivity index (χ0n) is 13.5. The average molecular weight is 431 g/mol. The second kappa shape index (κ2) is 6.99. The molecule has 1 aliphatic carbocycles. The molecule has 0 unspecified atom stereocenters. The van der Waals surface area contributed by atoms with Gasteiger partial charge >= 0.3 is 0 Å². The maximum absolute atomic E-state index is 14.0. The van der Waals surface area contributed by atoms with E-state index in [-0.39, 0.29) is 29.3 Å². The van der Waals surface area contributed by atoms with Gasteiger partial charge in [-0.1, -0.05) is 0 Å². The molecule has 28 heavy (non-hydrogen) atoms. The molecule has 2 aromatic rings. The molecule has 0 atom stereocenters. The zero-order valence-corrected chi connectivity index (χ0v) is 14.4. The third-order valence-electron chi connectivity index (χ3n) is 4.11. The van der Waals surface area contributed by atoms with Gasteiger partial charge in [-0.15, -0.1) is 0 Å². The van der Waals surface area contributed by atoms with E-state index in [0.29, 0.717) is 0 Å². The molecule has 0 aromatic heterocycles. The highest BCUT2D eigenvalue weighted by atomic mass is 32.2. The Kier molecular flexibility index (Phi) is 5.13. The van der Waals surface area contributed by atoms with Crippen LogP contribution in [0.4, 0.5) is 35.1 Å². The first-order valence-electron chi connectivity index (χ1n) is 7.63. The van der Waals surface area contributed by atoms with Crippen molar-refractivity contribution >= 4 is 10.0 Å². The van der Waals surface area contributed by atoms with E-state index < -0.39 is 79.6 Å². The lowest BCUT2D eigenvalue weighted by atomic mass is 10.2. The molecule has 0 spiro atoms. The number of nitrogens with zero attached hydrogens (tertiary/aromatic N) is 1. The van der Waals surface area contributed by atoms with Gasteiger partial charge in [0.15, 0.2) is 28.2 Å². The zero-order chi connectivity index (χ0) is 21.0. The molecule has 0 aliphatic heterocycles. The normalized spacial score (nSPS) is 14.8. The third kappa shape index (κ3) is 3.34. The minimum Gasteiger partial charge on any atom is -0.207 e. The summed E-state index contributed by atoms with van der Waals surface area (Å²) in [7, 11) is -5.39. The minimum atomic E-state index is -5.39. The first-order valence-corrected chi connectivity index (χ1v) is 9.07. The van der Waals surface area contributed by atoms with E-state index >= 15 is 0 Å². The molecule has 3 rings (SSSR count). The highest BCUT2D eigenvalue weighted by Gasteiger charge is 2.43. The fraction of sp³-hybridized carbons (Fsp3) is 0.250. The Morgan fingerprint density at radius 2 is 1.21 bits per heavy atom. The molecule has 152 valence electrons. The Hall–Kier alpha value is -2.21. The summed E-state index contributed by atoms with van der Waals surface area (Å²) in [5.41, 5.74) is -0.944. The van der Waals surface area contributed by atoms with Gasteiger partial charge in [-0.25, -0.2) is 43.5 Å². The maximum Gasteiger partial charge on any atom is 0.249 e. The van der Waals surface area contributed by atoms with Crippen LogP contribution < -0.4 is 0 Å². The van der Waals surface area contributed by atoms with Gasteiger partial charge in [0.2, 0.25) is 15.8 Å². The number of hydrogen-bond acceptors (Lipinski definition) is 2. The van der Waals surface area contributed by atoms with Crippen LogP contribution in [0.15, 0.2) is 17.0 Å². The number of halogens is 8. The first-order chi connectivity index (χ1) is 13.0. The lowest BCUT2D eigenvalue weighted by molar-refractivity contribution is 0.343. The molecule has 0 bridgehead atoms. The molecule has 2 aromatic carbocycles. The molecule has 3 nitrogen and oxygen atoms in total. The summed E-state index contributed by atoms with van der Waals surface area (Å²) in [6.07, 6.45) is 0.248. The van der Waals surface area contributed by atoms with Crippen molar-refractivity contribution in [2.75, 3.05) is 0 Å². The van der Waals surface area contributed by atoms with E-state index in [0.717, 1.165) is 0 Å². The monoisotopic (exact) mass is 431 g/mol. The van der Waals surface area contributed by atoms with Crippen LogP contribution in [0, 0.1) is 46.5 Å². The van der Waals surface area contributed by atoms with Crippen LogP contribution in [0.25, 0.3) is 0 Å². The van der Waals surface area contributed by atoms with Crippen molar-refractivity contribution in [3.63, 3.8) is 0 Å². The Morgan fingerprint density at radius 1 is 0.786 bits per heavy atom. The molecule has 0 N–H and O–H groups in total. The molecule has 0 radical (unpaired) electrons. The van der Waals surface area contributed by atoms with Crippen LogP contribution in [0.1, 0.15) is 18.4 Å².